The molecule has 3 rings (SSSR count). The van der Waals surface area contributed by atoms with Crippen LogP contribution in [0.4, 0.5) is 15.8 Å². The third-order valence-corrected chi connectivity index (χ3v) is 3.52. The van der Waals surface area contributed by atoms with Crippen LogP contribution in [0.15, 0.2) is 36.4 Å². The molecule has 1 aliphatic rings. The van der Waals surface area contributed by atoms with E-state index in [9.17, 15) is 9.18 Å². The topological polar surface area (TPSA) is 41.1 Å². The van der Waals surface area contributed by atoms with Gasteiger partial charge in [0.15, 0.2) is 0 Å². The van der Waals surface area contributed by atoms with Gasteiger partial charge in [-0.05, 0) is 54.8 Å². The minimum Gasteiger partial charge on any atom is -0.384 e. The van der Waals surface area contributed by atoms with Crippen molar-refractivity contribution in [3.63, 3.8) is 0 Å². The van der Waals surface area contributed by atoms with Crippen molar-refractivity contribution in [2.24, 2.45) is 0 Å². The minimum absolute atomic E-state index is 0.284. The SMILES string of the molecule is Cc1ccc(F)cc1C(=O)Nc1ccc2c(c1)CCN2. The second-order valence-electron chi connectivity index (χ2n) is 4.96. The van der Waals surface area contributed by atoms with Gasteiger partial charge in [-0.2, -0.15) is 0 Å². The van der Waals surface area contributed by atoms with Gasteiger partial charge in [0.25, 0.3) is 5.91 Å². The predicted molar refractivity (Wildman–Crippen MR) is 77.7 cm³/mol. The Morgan fingerprint density at radius 2 is 2.10 bits per heavy atom. The van der Waals surface area contributed by atoms with E-state index in [1.54, 1.807) is 13.0 Å². The number of benzene rings is 2. The average Bonchev–Trinajstić information content (AvgIpc) is 2.89. The van der Waals surface area contributed by atoms with Gasteiger partial charge in [0, 0.05) is 23.5 Å². The van der Waals surface area contributed by atoms with E-state index in [0.717, 1.165) is 29.9 Å². The van der Waals surface area contributed by atoms with Crippen molar-refractivity contribution in [3.05, 3.63) is 58.9 Å². The summed E-state index contributed by atoms with van der Waals surface area (Å²) in [6, 6.07) is 9.99. The molecule has 1 aliphatic heterocycles. The Hall–Kier alpha value is -2.36. The number of aryl methyl sites for hydroxylation is 1. The zero-order valence-electron chi connectivity index (χ0n) is 11.2. The Kier molecular flexibility index (Phi) is 3.14. The molecule has 2 N–H and O–H groups in total. The highest BCUT2D eigenvalue weighted by molar-refractivity contribution is 6.05. The van der Waals surface area contributed by atoms with Crippen LogP contribution in [0.3, 0.4) is 0 Å². The normalized spacial score (nSPS) is 12.7. The van der Waals surface area contributed by atoms with Gasteiger partial charge in [-0.15, -0.1) is 0 Å². The van der Waals surface area contributed by atoms with Crippen LogP contribution in [0.25, 0.3) is 0 Å². The average molecular weight is 270 g/mol. The highest BCUT2D eigenvalue weighted by Gasteiger charge is 2.13. The lowest BCUT2D eigenvalue weighted by Crippen LogP contribution is -2.13. The van der Waals surface area contributed by atoms with Gasteiger partial charge in [0.05, 0.1) is 0 Å². The van der Waals surface area contributed by atoms with E-state index >= 15 is 0 Å². The summed E-state index contributed by atoms with van der Waals surface area (Å²) in [6.07, 6.45) is 0.956. The van der Waals surface area contributed by atoms with Gasteiger partial charge in [-0.1, -0.05) is 6.07 Å². The monoisotopic (exact) mass is 270 g/mol. The summed E-state index contributed by atoms with van der Waals surface area (Å²) in [5.74, 6) is -0.688. The first kappa shape index (κ1) is 12.7. The second kappa shape index (κ2) is 4.96. The molecule has 0 unspecified atom stereocenters. The summed E-state index contributed by atoms with van der Waals surface area (Å²) in [7, 11) is 0. The van der Waals surface area contributed by atoms with Gasteiger partial charge < -0.3 is 10.6 Å². The van der Waals surface area contributed by atoms with Crippen molar-refractivity contribution < 1.29 is 9.18 Å². The maximum absolute atomic E-state index is 13.2. The molecule has 0 saturated carbocycles. The molecule has 3 nitrogen and oxygen atoms in total. The number of hydrogen-bond donors (Lipinski definition) is 2. The Balaban J connectivity index is 1.84. The molecule has 20 heavy (non-hydrogen) atoms. The first-order chi connectivity index (χ1) is 9.63. The number of halogens is 1. The highest BCUT2D eigenvalue weighted by Crippen LogP contribution is 2.25. The van der Waals surface area contributed by atoms with E-state index in [0.29, 0.717) is 5.56 Å². The van der Waals surface area contributed by atoms with Crippen molar-refractivity contribution in [3.8, 4) is 0 Å². The Morgan fingerprint density at radius 1 is 1.25 bits per heavy atom. The number of nitrogens with one attached hydrogen (secondary N) is 2. The van der Waals surface area contributed by atoms with Crippen molar-refractivity contribution in [2.45, 2.75) is 13.3 Å². The Bertz CT molecular complexity index is 682. The lowest BCUT2D eigenvalue weighted by Gasteiger charge is -2.09. The van der Waals surface area contributed by atoms with Crippen LogP contribution in [0, 0.1) is 12.7 Å². The molecule has 1 heterocycles. The van der Waals surface area contributed by atoms with Gasteiger partial charge in [-0.3, -0.25) is 4.79 Å². The third-order valence-electron chi connectivity index (χ3n) is 3.52. The molecule has 0 radical (unpaired) electrons. The first-order valence-electron chi connectivity index (χ1n) is 6.58. The quantitative estimate of drug-likeness (QED) is 0.878. The maximum Gasteiger partial charge on any atom is 0.256 e. The second-order valence-corrected chi connectivity index (χ2v) is 4.96. The van der Waals surface area contributed by atoms with E-state index in [1.807, 2.05) is 18.2 Å². The molecular formula is C16H15FN2O. The molecule has 0 bridgehead atoms. The van der Waals surface area contributed by atoms with E-state index in [4.69, 9.17) is 0 Å². The van der Waals surface area contributed by atoms with Crippen molar-refractivity contribution in [1.29, 1.82) is 0 Å². The maximum atomic E-state index is 13.2. The standard InChI is InChI=1S/C16H15FN2O/c1-10-2-3-12(17)9-14(10)16(20)19-13-4-5-15-11(8-13)6-7-18-15/h2-5,8-9,18H,6-7H2,1H3,(H,19,20). The van der Waals surface area contributed by atoms with Gasteiger partial charge in [-0.25, -0.2) is 4.39 Å². The molecule has 1 amide bonds. The summed E-state index contributed by atoms with van der Waals surface area (Å²) in [5, 5.41) is 6.09. The number of fused-ring (bicyclic) bond motifs is 1. The fourth-order valence-corrected chi connectivity index (χ4v) is 2.42. The van der Waals surface area contributed by atoms with Crippen LogP contribution < -0.4 is 10.6 Å². The molecule has 0 saturated heterocycles. The summed E-state index contributed by atoms with van der Waals surface area (Å²) < 4.78 is 13.2. The molecular weight excluding hydrogens is 255 g/mol. The van der Waals surface area contributed by atoms with E-state index in [-0.39, 0.29) is 5.91 Å². The van der Waals surface area contributed by atoms with Crippen molar-refractivity contribution >= 4 is 17.3 Å². The lowest BCUT2D eigenvalue weighted by atomic mass is 10.1. The Morgan fingerprint density at radius 3 is 2.95 bits per heavy atom. The van der Waals surface area contributed by atoms with Crippen LogP contribution >= 0.6 is 0 Å². The molecule has 2 aromatic carbocycles. The minimum atomic E-state index is -0.404. The van der Waals surface area contributed by atoms with E-state index in [1.165, 1.54) is 17.7 Å². The molecule has 0 spiro atoms. The number of hydrogen-bond acceptors (Lipinski definition) is 2. The fourth-order valence-electron chi connectivity index (χ4n) is 2.42. The largest absolute Gasteiger partial charge is 0.384 e. The Labute approximate surface area is 116 Å². The number of rotatable bonds is 2. The first-order valence-corrected chi connectivity index (χ1v) is 6.58. The lowest BCUT2D eigenvalue weighted by molar-refractivity contribution is 0.102. The third kappa shape index (κ3) is 2.37. The highest BCUT2D eigenvalue weighted by atomic mass is 19.1. The van der Waals surface area contributed by atoms with Crippen LogP contribution in [0.5, 0.6) is 0 Å². The molecule has 0 aliphatic carbocycles. The molecule has 0 aromatic heterocycles. The van der Waals surface area contributed by atoms with Crippen molar-refractivity contribution in [1.82, 2.24) is 0 Å². The predicted octanol–water partition coefficient (Wildman–Crippen LogP) is 3.35. The molecule has 0 atom stereocenters. The molecule has 102 valence electrons. The van der Waals surface area contributed by atoms with Crippen LogP contribution in [0.1, 0.15) is 21.5 Å². The summed E-state index contributed by atoms with van der Waals surface area (Å²) in [5.41, 5.74) is 4.17. The fraction of sp³-hybridized carbons (Fsp3) is 0.188. The van der Waals surface area contributed by atoms with Gasteiger partial charge in [0.1, 0.15) is 5.82 Å². The van der Waals surface area contributed by atoms with Crippen LogP contribution in [-0.4, -0.2) is 12.5 Å². The summed E-state index contributed by atoms with van der Waals surface area (Å²) >= 11 is 0. The van der Waals surface area contributed by atoms with Crippen LogP contribution in [-0.2, 0) is 6.42 Å². The van der Waals surface area contributed by atoms with E-state index in [2.05, 4.69) is 10.6 Å². The van der Waals surface area contributed by atoms with E-state index < -0.39 is 5.82 Å². The zero-order chi connectivity index (χ0) is 14.1. The van der Waals surface area contributed by atoms with Gasteiger partial charge >= 0.3 is 0 Å². The molecule has 2 aromatic rings. The number of carbonyl (C=O) groups excluding carboxylic acids is 1. The van der Waals surface area contributed by atoms with Crippen LogP contribution in [0.2, 0.25) is 0 Å². The molecule has 4 heteroatoms. The number of amides is 1. The number of carbonyl (C=O) groups is 1. The summed E-state index contributed by atoms with van der Waals surface area (Å²) in [4.78, 5) is 12.2. The molecule has 0 fully saturated rings. The zero-order valence-corrected chi connectivity index (χ0v) is 11.2. The number of anilines is 2. The smallest absolute Gasteiger partial charge is 0.256 e. The van der Waals surface area contributed by atoms with Gasteiger partial charge in [0.2, 0.25) is 0 Å². The van der Waals surface area contributed by atoms with Crippen molar-refractivity contribution in [2.75, 3.05) is 17.2 Å². The summed E-state index contributed by atoms with van der Waals surface area (Å²) in [6.45, 7) is 2.72.